The summed E-state index contributed by atoms with van der Waals surface area (Å²) in [6.07, 6.45) is 6.22. The Bertz CT molecular complexity index is 160. The van der Waals surface area contributed by atoms with E-state index in [1.807, 2.05) is 0 Å². The van der Waals surface area contributed by atoms with E-state index in [0.717, 1.165) is 38.6 Å². The average Bonchev–Trinajstić information content (AvgIpc) is 3.02. The fourth-order valence-electron chi connectivity index (χ4n) is 1.97. The summed E-state index contributed by atoms with van der Waals surface area (Å²) in [5.74, 6) is 0. The second kappa shape index (κ2) is 7.20. The van der Waals surface area contributed by atoms with Crippen LogP contribution in [-0.4, -0.2) is 43.8 Å². The zero-order valence-electron chi connectivity index (χ0n) is 10.2. The quantitative estimate of drug-likeness (QED) is 0.634. The van der Waals surface area contributed by atoms with Crippen molar-refractivity contribution in [2.24, 2.45) is 5.73 Å². The van der Waals surface area contributed by atoms with Gasteiger partial charge in [0, 0.05) is 25.7 Å². The molecule has 0 aromatic rings. The molecule has 1 atom stereocenters. The normalized spacial score (nSPS) is 18.4. The minimum atomic E-state index is 0.388. The predicted molar refractivity (Wildman–Crippen MR) is 64.0 cm³/mol. The second-order valence-electron chi connectivity index (χ2n) is 4.60. The number of nitrogens with zero attached hydrogens (tertiary/aromatic N) is 1. The Kier molecular flexibility index (Phi) is 6.22. The summed E-state index contributed by atoms with van der Waals surface area (Å²) >= 11 is 0. The standard InChI is InChI=1S/C12H26N2O/c1-3-4-11(13)7-8-14(9-10-15-2)12-5-6-12/h11-12H,3-10,13H2,1-2H3. The summed E-state index contributed by atoms with van der Waals surface area (Å²) in [7, 11) is 1.77. The monoisotopic (exact) mass is 214 g/mol. The van der Waals surface area contributed by atoms with Crippen molar-refractivity contribution in [1.82, 2.24) is 4.90 Å². The van der Waals surface area contributed by atoms with Gasteiger partial charge >= 0.3 is 0 Å². The van der Waals surface area contributed by atoms with E-state index < -0.39 is 0 Å². The lowest BCUT2D eigenvalue weighted by atomic mass is 10.1. The third-order valence-corrected chi connectivity index (χ3v) is 3.09. The SMILES string of the molecule is CCCC(N)CCN(CCOC)C1CC1. The first-order chi connectivity index (χ1) is 7.27. The summed E-state index contributed by atoms with van der Waals surface area (Å²) in [4.78, 5) is 2.54. The van der Waals surface area contributed by atoms with Crippen molar-refractivity contribution in [3.05, 3.63) is 0 Å². The minimum Gasteiger partial charge on any atom is -0.383 e. The van der Waals surface area contributed by atoms with Crippen molar-refractivity contribution in [1.29, 1.82) is 0 Å². The number of ether oxygens (including phenoxy) is 1. The van der Waals surface area contributed by atoms with E-state index in [2.05, 4.69) is 11.8 Å². The van der Waals surface area contributed by atoms with Crippen LogP contribution in [0.25, 0.3) is 0 Å². The molecular formula is C12H26N2O. The van der Waals surface area contributed by atoms with Crippen LogP contribution < -0.4 is 5.73 Å². The van der Waals surface area contributed by atoms with Crippen LogP contribution in [0.5, 0.6) is 0 Å². The van der Waals surface area contributed by atoms with Crippen LogP contribution in [0.3, 0.4) is 0 Å². The van der Waals surface area contributed by atoms with E-state index in [1.165, 1.54) is 19.3 Å². The van der Waals surface area contributed by atoms with Gasteiger partial charge in [0.1, 0.15) is 0 Å². The molecule has 0 spiro atoms. The van der Waals surface area contributed by atoms with Crippen molar-refractivity contribution in [2.45, 2.75) is 51.1 Å². The van der Waals surface area contributed by atoms with Gasteiger partial charge in [-0.2, -0.15) is 0 Å². The van der Waals surface area contributed by atoms with Crippen LogP contribution in [0.4, 0.5) is 0 Å². The maximum Gasteiger partial charge on any atom is 0.0589 e. The molecular weight excluding hydrogens is 188 g/mol. The lowest BCUT2D eigenvalue weighted by molar-refractivity contribution is 0.141. The van der Waals surface area contributed by atoms with Crippen molar-refractivity contribution in [3.8, 4) is 0 Å². The molecule has 15 heavy (non-hydrogen) atoms. The first-order valence-corrected chi connectivity index (χ1v) is 6.26. The van der Waals surface area contributed by atoms with E-state index >= 15 is 0 Å². The first-order valence-electron chi connectivity index (χ1n) is 6.26. The average molecular weight is 214 g/mol. The third-order valence-electron chi connectivity index (χ3n) is 3.09. The van der Waals surface area contributed by atoms with Gasteiger partial charge in [-0.25, -0.2) is 0 Å². The molecule has 1 fully saturated rings. The third kappa shape index (κ3) is 5.50. The van der Waals surface area contributed by atoms with Crippen LogP contribution in [0.1, 0.15) is 39.0 Å². The molecule has 0 heterocycles. The number of methoxy groups -OCH3 is 1. The molecule has 2 N–H and O–H groups in total. The lowest BCUT2D eigenvalue weighted by Crippen LogP contribution is -2.34. The molecule has 0 saturated heterocycles. The Hall–Kier alpha value is -0.120. The fourth-order valence-corrected chi connectivity index (χ4v) is 1.97. The van der Waals surface area contributed by atoms with Gasteiger partial charge in [-0.15, -0.1) is 0 Å². The molecule has 1 aliphatic rings. The van der Waals surface area contributed by atoms with Gasteiger partial charge in [-0.1, -0.05) is 13.3 Å². The Balaban J connectivity index is 2.13. The van der Waals surface area contributed by atoms with Gasteiger partial charge in [-0.05, 0) is 32.2 Å². The Morgan fingerprint density at radius 2 is 2.07 bits per heavy atom. The topological polar surface area (TPSA) is 38.5 Å². The summed E-state index contributed by atoms with van der Waals surface area (Å²) in [5, 5.41) is 0. The molecule has 0 amide bonds. The maximum absolute atomic E-state index is 6.02. The minimum absolute atomic E-state index is 0.388. The van der Waals surface area contributed by atoms with Crippen LogP contribution >= 0.6 is 0 Å². The molecule has 90 valence electrons. The zero-order valence-corrected chi connectivity index (χ0v) is 10.2. The molecule has 0 bridgehead atoms. The zero-order chi connectivity index (χ0) is 11.1. The molecule has 3 heteroatoms. The van der Waals surface area contributed by atoms with E-state index in [-0.39, 0.29) is 0 Å². The van der Waals surface area contributed by atoms with Gasteiger partial charge < -0.3 is 10.5 Å². The van der Waals surface area contributed by atoms with Gasteiger partial charge in [0.05, 0.1) is 6.61 Å². The van der Waals surface area contributed by atoms with Gasteiger partial charge in [0.25, 0.3) is 0 Å². The van der Waals surface area contributed by atoms with Crippen LogP contribution in [0.15, 0.2) is 0 Å². The molecule has 1 rings (SSSR count). The molecule has 1 unspecified atom stereocenters. The van der Waals surface area contributed by atoms with E-state index in [4.69, 9.17) is 10.5 Å². The second-order valence-corrected chi connectivity index (χ2v) is 4.60. The summed E-state index contributed by atoms with van der Waals surface area (Å²) in [6.45, 7) is 5.26. The number of hydrogen-bond donors (Lipinski definition) is 1. The number of rotatable bonds is 9. The molecule has 3 nitrogen and oxygen atoms in total. The van der Waals surface area contributed by atoms with Crippen molar-refractivity contribution in [3.63, 3.8) is 0 Å². The Morgan fingerprint density at radius 1 is 1.33 bits per heavy atom. The number of hydrogen-bond acceptors (Lipinski definition) is 3. The van der Waals surface area contributed by atoms with E-state index in [9.17, 15) is 0 Å². The largest absolute Gasteiger partial charge is 0.383 e. The maximum atomic E-state index is 6.02. The van der Waals surface area contributed by atoms with Crippen molar-refractivity contribution < 1.29 is 4.74 Å². The smallest absolute Gasteiger partial charge is 0.0589 e. The highest BCUT2D eigenvalue weighted by Gasteiger charge is 2.28. The predicted octanol–water partition coefficient (Wildman–Crippen LogP) is 1.61. The highest BCUT2D eigenvalue weighted by atomic mass is 16.5. The first kappa shape index (κ1) is 12.9. The van der Waals surface area contributed by atoms with Gasteiger partial charge in [0.15, 0.2) is 0 Å². The Morgan fingerprint density at radius 3 is 2.60 bits per heavy atom. The summed E-state index contributed by atoms with van der Waals surface area (Å²) in [6, 6.07) is 1.22. The molecule has 1 aliphatic carbocycles. The van der Waals surface area contributed by atoms with Crippen molar-refractivity contribution >= 4 is 0 Å². The van der Waals surface area contributed by atoms with Crippen molar-refractivity contribution in [2.75, 3.05) is 26.8 Å². The van der Waals surface area contributed by atoms with Gasteiger partial charge in [0.2, 0.25) is 0 Å². The van der Waals surface area contributed by atoms with Crippen LogP contribution in [0.2, 0.25) is 0 Å². The van der Waals surface area contributed by atoms with E-state index in [1.54, 1.807) is 7.11 Å². The molecule has 0 aliphatic heterocycles. The highest BCUT2D eigenvalue weighted by Crippen LogP contribution is 2.26. The Labute approximate surface area is 94.0 Å². The molecule has 0 aromatic carbocycles. The van der Waals surface area contributed by atoms with Crippen LogP contribution in [0, 0.1) is 0 Å². The highest BCUT2D eigenvalue weighted by molar-refractivity contribution is 4.84. The lowest BCUT2D eigenvalue weighted by Gasteiger charge is -2.23. The fraction of sp³-hybridized carbons (Fsp3) is 1.00. The number of nitrogens with two attached hydrogens (primary N) is 1. The molecule has 0 radical (unpaired) electrons. The van der Waals surface area contributed by atoms with E-state index in [0.29, 0.717) is 6.04 Å². The molecule has 1 saturated carbocycles. The summed E-state index contributed by atoms with van der Waals surface area (Å²) in [5.41, 5.74) is 6.02. The van der Waals surface area contributed by atoms with Crippen LogP contribution in [-0.2, 0) is 4.74 Å². The van der Waals surface area contributed by atoms with Gasteiger partial charge in [-0.3, -0.25) is 4.90 Å². The molecule has 0 aromatic heterocycles. The summed E-state index contributed by atoms with van der Waals surface area (Å²) < 4.78 is 5.13.